The summed E-state index contributed by atoms with van der Waals surface area (Å²) >= 11 is 0. The van der Waals surface area contributed by atoms with Gasteiger partial charge in [-0.05, 0) is 41.0 Å². The molecule has 0 fully saturated rings. The van der Waals surface area contributed by atoms with Gasteiger partial charge in [0.15, 0.2) is 0 Å². The van der Waals surface area contributed by atoms with Gasteiger partial charge in [-0.2, -0.15) is 9.41 Å². The summed E-state index contributed by atoms with van der Waals surface area (Å²) in [5.41, 5.74) is 4.98. The molecule has 0 aliphatic carbocycles. The highest BCUT2D eigenvalue weighted by atomic mass is 32.2. The number of nitrogens with one attached hydrogen (secondary N) is 1. The van der Waals surface area contributed by atoms with E-state index in [2.05, 4.69) is 10.5 Å². The first-order valence-electron chi connectivity index (χ1n) is 11.7. The lowest BCUT2D eigenvalue weighted by molar-refractivity contribution is -0.121. The molecule has 7 nitrogen and oxygen atoms in total. The highest BCUT2D eigenvalue weighted by Gasteiger charge is 2.26. The summed E-state index contributed by atoms with van der Waals surface area (Å²) in [6.45, 7) is 0.102. The Balaban J connectivity index is 1.40. The minimum absolute atomic E-state index is 0.0516. The molecule has 1 amide bonds. The number of hydrazone groups is 1. The molecule has 0 radical (unpaired) electrons. The van der Waals surface area contributed by atoms with Gasteiger partial charge in [0.2, 0.25) is 10.0 Å². The molecule has 0 aliphatic rings. The van der Waals surface area contributed by atoms with Crippen LogP contribution in [0.3, 0.4) is 0 Å². The van der Waals surface area contributed by atoms with Gasteiger partial charge in [-0.3, -0.25) is 4.79 Å². The summed E-state index contributed by atoms with van der Waals surface area (Å²) in [4.78, 5) is 12.8. The van der Waals surface area contributed by atoms with Gasteiger partial charge in [0.05, 0.1) is 17.7 Å². The largest absolute Gasteiger partial charge is 0.489 e. The van der Waals surface area contributed by atoms with Gasteiger partial charge < -0.3 is 4.74 Å². The smallest absolute Gasteiger partial charge is 0.255 e. The number of ether oxygens (including phenoxy) is 1. The van der Waals surface area contributed by atoms with E-state index < -0.39 is 15.9 Å². The Kier molecular flexibility index (Phi) is 8.80. The normalized spacial score (nSPS) is 11.5. The standard InChI is InChI=1S/C29H27N3O4S/c33-29(31-30-20-26-15-10-16-27(19-26)36-23-25-13-6-2-7-14-25)22-32(21-24-11-4-1-5-12-24)37(34,35)28-17-8-3-9-18-28/h1-20H,21-23H2,(H,31,33)/b30-20-. The Morgan fingerprint density at radius 3 is 2.11 bits per heavy atom. The molecule has 8 heteroatoms. The third-order valence-electron chi connectivity index (χ3n) is 5.41. The van der Waals surface area contributed by atoms with Crippen LogP contribution < -0.4 is 10.2 Å². The van der Waals surface area contributed by atoms with Gasteiger partial charge >= 0.3 is 0 Å². The number of hydrogen-bond acceptors (Lipinski definition) is 5. The lowest BCUT2D eigenvalue weighted by Gasteiger charge is -2.21. The van der Waals surface area contributed by atoms with Crippen molar-refractivity contribution in [2.75, 3.05) is 6.54 Å². The Bertz CT molecular complexity index is 1430. The van der Waals surface area contributed by atoms with Crippen LogP contribution in [-0.4, -0.2) is 31.4 Å². The lowest BCUT2D eigenvalue weighted by Crippen LogP contribution is -2.39. The number of rotatable bonds is 11. The van der Waals surface area contributed by atoms with Crippen molar-refractivity contribution in [3.05, 3.63) is 132 Å². The minimum Gasteiger partial charge on any atom is -0.489 e. The van der Waals surface area contributed by atoms with Crippen LogP contribution in [0.1, 0.15) is 16.7 Å². The number of sulfonamides is 1. The SMILES string of the molecule is O=C(CN(Cc1ccccc1)S(=O)(=O)c1ccccc1)N/N=C\c1cccc(OCc2ccccc2)c1. The summed E-state index contributed by atoms with van der Waals surface area (Å²) in [5.74, 6) is 0.116. The van der Waals surface area contributed by atoms with Crippen molar-refractivity contribution in [3.63, 3.8) is 0 Å². The third-order valence-corrected chi connectivity index (χ3v) is 7.22. The van der Waals surface area contributed by atoms with Crippen molar-refractivity contribution < 1.29 is 17.9 Å². The van der Waals surface area contributed by atoms with Crippen molar-refractivity contribution in [2.24, 2.45) is 5.10 Å². The van der Waals surface area contributed by atoms with E-state index in [9.17, 15) is 13.2 Å². The molecule has 0 heterocycles. The fraction of sp³-hybridized carbons (Fsp3) is 0.103. The summed E-state index contributed by atoms with van der Waals surface area (Å²) in [6, 6.07) is 34.3. The quantitative estimate of drug-likeness (QED) is 0.234. The van der Waals surface area contributed by atoms with E-state index >= 15 is 0 Å². The zero-order valence-electron chi connectivity index (χ0n) is 20.1. The van der Waals surface area contributed by atoms with Crippen LogP contribution in [0.4, 0.5) is 0 Å². The Hall–Kier alpha value is -4.27. The van der Waals surface area contributed by atoms with E-state index in [-0.39, 0.29) is 18.0 Å². The van der Waals surface area contributed by atoms with Crippen LogP contribution in [0.2, 0.25) is 0 Å². The van der Waals surface area contributed by atoms with E-state index in [4.69, 9.17) is 4.74 Å². The van der Waals surface area contributed by atoms with Crippen LogP contribution >= 0.6 is 0 Å². The molecule has 1 N–H and O–H groups in total. The zero-order valence-corrected chi connectivity index (χ0v) is 20.9. The molecule has 0 aliphatic heterocycles. The van der Waals surface area contributed by atoms with Gasteiger partial charge in [0.1, 0.15) is 12.4 Å². The first-order valence-corrected chi connectivity index (χ1v) is 13.1. The summed E-state index contributed by atoms with van der Waals surface area (Å²) < 4.78 is 33.5. The Labute approximate surface area is 217 Å². The molecule has 0 saturated heterocycles. The highest BCUT2D eigenvalue weighted by molar-refractivity contribution is 7.89. The van der Waals surface area contributed by atoms with Crippen LogP contribution in [0.15, 0.2) is 125 Å². The number of carbonyl (C=O) groups is 1. The van der Waals surface area contributed by atoms with Crippen LogP contribution in [-0.2, 0) is 28.0 Å². The van der Waals surface area contributed by atoms with Crippen LogP contribution in [0, 0.1) is 0 Å². The maximum atomic E-state index is 13.3. The molecule has 0 bridgehead atoms. The highest BCUT2D eigenvalue weighted by Crippen LogP contribution is 2.18. The molecular formula is C29H27N3O4S. The number of hydrogen-bond donors (Lipinski definition) is 1. The molecule has 0 aromatic heterocycles. The topological polar surface area (TPSA) is 88.1 Å². The molecule has 4 rings (SSSR count). The van der Waals surface area contributed by atoms with E-state index in [0.29, 0.717) is 12.4 Å². The number of nitrogens with zero attached hydrogens (tertiary/aromatic N) is 2. The van der Waals surface area contributed by atoms with E-state index in [1.54, 1.807) is 24.3 Å². The van der Waals surface area contributed by atoms with Crippen LogP contribution in [0.25, 0.3) is 0 Å². The van der Waals surface area contributed by atoms with Crippen molar-refractivity contribution in [2.45, 2.75) is 18.0 Å². The number of amides is 1. The molecular weight excluding hydrogens is 486 g/mol. The first kappa shape index (κ1) is 25.8. The minimum atomic E-state index is -3.90. The van der Waals surface area contributed by atoms with Crippen molar-refractivity contribution in [1.82, 2.24) is 9.73 Å². The lowest BCUT2D eigenvalue weighted by atomic mass is 10.2. The first-order chi connectivity index (χ1) is 18.0. The van der Waals surface area contributed by atoms with E-state index in [1.165, 1.54) is 18.3 Å². The second kappa shape index (κ2) is 12.6. The predicted octanol–water partition coefficient (Wildman–Crippen LogP) is 4.61. The number of benzene rings is 4. The second-order valence-electron chi connectivity index (χ2n) is 8.21. The van der Waals surface area contributed by atoms with Crippen molar-refractivity contribution >= 4 is 22.1 Å². The average molecular weight is 514 g/mol. The van der Waals surface area contributed by atoms with Gasteiger partial charge in [-0.1, -0.05) is 91.0 Å². The molecule has 0 saturated carbocycles. The van der Waals surface area contributed by atoms with Gasteiger partial charge in [-0.25, -0.2) is 13.8 Å². The fourth-order valence-corrected chi connectivity index (χ4v) is 4.96. The Morgan fingerprint density at radius 1 is 0.811 bits per heavy atom. The zero-order chi connectivity index (χ0) is 25.9. The fourth-order valence-electron chi connectivity index (χ4n) is 3.55. The van der Waals surface area contributed by atoms with E-state index in [1.807, 2.05) is 78.9 Å². The Morgan fingerprint density at radius 2 is 1.43 bits per heavy atom. The molecule has 0 spiro atoms. The second-order valence-corrected chi connectivity index (χ2v) is 10.1. The molecule has 4 aromatic carbocycles. The van der Waals surface area contributed by atoms with Gasteiger partial charge in [0.25, 0.3) is 5.91 Å². The number of carbonyl (C=O) groups excluding carboxylic acids is 1. The summed E-state index contributed by atoms with van der Waals surface area (Å²) in [6.07, 6.45) is 1.49. The predicted molar refractivity (Wildman–Crippen MR) is 143 cm³/mol. The molecule has 0 unspecified atom stereocenters. The molecule has 37 heavy (non-hydrogen) atoms. The third kappa shape index (κ3) is 7.60. The monoisotopic (exact) mass is 513 g/mol. The van der Waals surface area contributed by atoms with Crippen molar-refractivity contribution in [1.29, 1.82) is 0 Å². The van der Waals surface area contributed by atoms with Crippen molar-refractivity contribution in [3.8, 4) is 5.75 Å². The van der Waals surface area contributed by atoms with Gasteiger partial charge in [0, 0.05) is 6.54 Å². The van der Waals surface area contributed by atoms with E-state index in [0.717, 1.165) is 21.0 Å². The van der Waals surface area contributed by atoms with Gasteiger partial charge in [-0.15, -0.1) is 0 Å². The molecule has 0 atom stereocenters. The maximum absolute atomic E-state index is 13.3. The summed E-state index contributed by atoms with van der Waals surface area (Å²) in [5, 5.41) is 4.01. The average Bonchev–Trinajstić information content (AvgIpc) is 2.93. The van der Waals surface area contributed by atoms with Crippen LogP contribution in [0.5, 0.6) is 5.75 Å². The molecule has 4 aromatic rings. The summed E-state index contributed by atoms with van der Waals surface area (Å²) in [7, 11) is -3.90. The molecule has 188 valence electrons. The maximum Gasteiger partial charge on any atom is 0.255 e.